The minimum Gasteiger partial charge on any atom is -0.395 e. The van der Waals surface area contributed by atoms with Gasteiger partial charge in [-0.2, -0.15) is 0 Å². The molecule has 1 heterocycles. The van der Waals surface area contributed by atoms with Crippen molar-refractivity contribution in [1.29, 1.82) is 0 Å². The number of hydrogen-bond acceptors (Lipinski definition) is 6. The molecule has 0 saturated heterocycles. The third kappa shape index (κ3) is 4.84. The van der Waals surface area contributed by atoms with Crippen molar-refractivity contribution in [2.24, 2.45) is 5.73 Å². The Balaban J connectivity index is 0.00000280. The number of benzene rings is 2. The summed E-state index contributed by atoms with van der Waals surface area (Å²) in [5.74, 6) is -2.29. The van der Waals surface area contributed by atoms with E-state index in [1.807, 2.05) is 42.5 Å². The van der Waals surface area contributed by atoms with Crippen molar-refractivity contribution >= 4 is 40.9 Å². The molecule has 1 atom stereocenters. The zero-order valence-corrected chi connectivity index (χ0v) is 15.3. The highest BCUT2D eigenvalue weighted by molar-refractivity contribution is 5.94. The van der Waals surface area contributed by atoms with Gasteiger partial charge < -0.3 is 10.2 Å². The van der Waals surface area contributed by atoms with Crippen molar-refractivity contribution in [1.82, 2.24) is 10.9 Å². The number of fused-ring (bicyclic) bond motifs is 1. The van der Waals surface area contributed by atoms with Gasteiger partial charge in [-0.1, -0.05) is 42.5 Å². The minimum atomic E-state index is -0.891. The highest BCUT2D eigenvalue weighted by Crippen LogP contribution is 2.17. The number of amides is 2. The highest BCUT2D eigenvalue weighted by Gasteiger charge is 2.19. The Hall–Kier alpha value is -3.43. The SMILES string of the molecule is Cl.NC(Cc1ccc2ccccc2c1)C(=O)NNC(=O)c1ccc([N+](=O)[O-])o1. The number of nitro groups is 1. The number of carbonyl (C=O) groups excluding carboxylic acids is 2. The smallest absolute Gasteiger partial charge is 0.395 e. The summed E-state index contributed by atoms with van der Waals surface area (Å²) in [7, 11) is 0. The molecular weight excluding hydrogens is 388 g/mol. The maximum atomic E-state index is 12.1. The number of furan rings is 1. The number of rotatable bonds is 5. The van der Waals surface area contributed by atoms with Crippen LogP contribution in [0.3, 0.4) is 0 Å². The molecule has 28 heavy (non-hydrogen) atoms. The molecule has 146 valence electrons. The molecule has 3 rings (SSSR count). The van der Waals surface area contributed by atoms with Crippen molar-refractivity contribution in [3.8, 4) is 0 Å². The summed E-state index contributed by atoms with van der Waals surface area (Å²) in [6, 6.07) is 14.9. The molecule has 9 nitrogen and oxygen atoms in total. The van der Waals surface area contributed by atoms with Crippen molar-refractivity contribution in [3.63, 3.8) is 0 Å². The molecule has 0 aliphatic rings. The minimum absolute atomic E-state index is 0. The number of halogens is 1. The topological polar surface area (TPSA) is 140 Å². The maximum Gasteiger partial charge on any atom is 0.433 e. The molecule has 0 aliphatic heterocycles. The molecule has 0 aliphatic carbocycles. The van der Waals surface area contributed by atoms with Gasteiger partial charge in [0.1, 0.15) is 4.92 Å². The number of carbonyl (C=O) groups is 2. The van der Waals surface area contributed by atoms with Crippen LogP contribution in [0.1, 0.15) is 16.1 Å². The molecule has 10 heteroatoms. The summed E-state index contributed by atoms with van der Waals surface area (Å²) in [6.07, 6.45) is 0.277. The molecule has 0 saturated carbocycles. The largest absolute Gasteiger partial charge is 0.433 e. The van der Waals surface area contributed by atoms with Gasteiger partial charge in [0, 0.05) is 0 Å². The lowest BCUT2D eigenvalue weighted by Crippen LogP contribution is -2.50. The van der Waals surface area contributed by atoms with Crippen LogP contribution in [0.5, 0.6) is 0 Å². The third-order valence-corrected chi connectivity index (χ3v) is 3.90. The average molecular weight is 405 g/mol. The Labute approximate surface area is 165 Å². The lowest BCUT2D eigenvalue weighted by Gasteiger charge is -2.13. The highest BCUT2D eigenvalue weighted by atomic mass is 35.5. The fourth-order valence-corrected chi connectivity index (χ4v) is 2.53. The molecule has 4 N–H and O–H groups in total. The number of hydrazine groups is 1. The monoisotopic (exact) mass is 404 g/mol. The molecule has 0 bridgehead atoms. The van der Waals surface area contributed by atoms with E-state index < -0.39 is 28.7 Å². The van der Waals surface area contributed by atoms with Gasteiger partial charge in [-0.25, -0.2) is 0 Å². The van der Waals surface area contributed by atoms with Gasteiger partial charge in [-0.3, -0.25) is 30.6 Å². The fourth-order valence-electron chi connectivity index (χ4n) is 2.53. The van der Waals surface area contributed by atoms with E-state index in [1.165, 1.54) is 0 Å². The molecule has 2 aromatic carbocycles. The Bertz CT molecular complexity index is 1020. The molecule has 1 unspecified atom stereocenters. The van der Waals surface area contributed by atoms with Crippen LogP contribution in [0, 0.1) is 10.1 Å². The van der Waals surface area contributed by atoms with Gasteiger partial charge in [0.25, 0.3) is 5.91 Å². The van der Waals surface area contributed by atoms with Crippen LogP contribution in [0.15, 0.2) is 59.0 Å². The predicted molar refractivity (Wildman–Crippen MR) is 104 cm³/mol. The molecule has 0 fully saturated rings. The predicted octanol–water partition coefficient (Wildman–Crippen LogP) is 2.09. The van der Waals surface area contributed by atoms with E-state index >= 15 is 0 Å². The second-order valence-corrected chi connectivity index (χ2v) is 5.83. The van der Waals surface area contributed by atoms with Crippen LogP contribution < -0.4 is 16.6 Å². The average Bonchev–Trinajstić information content (AvgIpc) is 3.16. The lowest BCUT2D eigenvalue weighted by atomic mass is 10.0. The Morgan fingerprint density at radius 3 is 2.46 bits per heavy atom. The van der Waals surface area contributed by atoms with Crippen LogP contribution in [-0.2, 0) is 11.2 Å². The first-order chi connectivity index (χ1) is 12.9. The van der Waals surface area contributed by atoms with Crippen molar-refractivity contribution < 1.29 is 18.9 Å². The zero-order chi connectivity index (χ0) is 19.4. The summed E-state index contributed by atoms with van der Waals surface area (Å²) < 4.78 is 4.74. The Kier molecular flexibility index (Phi) is 6.69. The number of nitrogens with zero attached hydrogens (tertiary/aromatic N) is 1. The molecule has 2 amide bonds. The first-order valence-corrected chi connectivity index (χ1v) is 8.02. The van der Waals surface area contributed by atoms with Gasteiger partial charge in [0.05, 0.1) is 12.1 Å². The maximum absolute atomic E-state index is 12.1. The van der Waals surface area contributed by atoms with Crippen LogP contribution in [-0.4, -0.2) is 22.8 Å². The Morgan fingerprint density at radius 2 is 1.79 bits per heavy atom. The first kappa shape index (κ1) is 20.9. The zero-order valence-electron chi connectivity index (χ0n) is 14.5. The second kappa shape index (κ2) is 8.98. The van der Waals surface area contributed by atoms with Crippen molar-refractivity contribution in [2.75, 3.05) is 0 Å². The molecule has 1 aromatic heterocycles. The van der Waals surface area contributed by atoms with Crippen LogP contribution >= 0.6 is 12.4 Å². The molecule has 3 aromatic rings. The normalized spacial score (nSPS) is 11.3. The second-order valence-electron chi connectivity index (χ2n) is 5.83. The van der Waals surface area contributed by atoms with E-state index in [0.29, 0.717) is 0 Å². The quantitative estimate of drug-likeness (QED) is 0.439. The van der Waals surface area contributed by atoms with E-state index in [-0.39, 0.29) is 24.6 Å². The van der Waals surface area contributed by atoms with Gasteiger partial charge >= 0.3 is 11.8 Å². The summed E-state index contributed by atoms with van der Waals surface area (Å²) in [4.78, 5) is 33.7. The van der Waals surface area contributed by atoms with E-state index in [4.69, 9.17) is 10.2 Å². The molecule has 0 radical (unpaired) electrons. The molecule has 0 spiro atoms. The van der Waals surface area contributed by atoms with Crippen molar-refractivity contribution in [3.05, 3.63) is 76.0 Å². The van der Waals surface area contributed by atoms with Crippen LogP contribution in [0.2, 0.25) is 0 Å². The Morgan fingerprint density at radius 1 is 1.07 bits per heavy atom. The standard InChI is InChI=1S/C18H16N4O5.ClH/c19-14(10-11-5-6-12-3-1-2-4-13(12)9-11)17(23)20-21-18(24)15-7-8-16(27-15)22(25)26;/h1-9,14H,10,19H2,(H,20,23)(H,21,24);1H. The first-order valence-electron chi connectivity index (χ1n) is 8.02. The summed E-state index contributed by atoms with van der Waals surface area (Å²) in [5.41, 5.74) is 11.1. The number of nitrogens with two attached hydrogens (primary N) is 1. The molecular formula is C18H17ClN4O5. The summed E-state index contributed by atoms with van der Waals surface area (Å²) in [6.45, 7) is 0. The van der Waals surface area contributed by atoms with E-state index in [9.17, 15) is 19.7 Å². The van der Waals surface area contributed by atoms with E-state index in [2.05, 4.69) is 10.9 Å². The fraction of sp³-hybridized carbons (Fsp3) is 0.111. The van der Waals surface area contributed by atoms with Crippen molar-refractivity contribution in [2.45, 2.75) is 12.5 Å². The van der Waals surface area contributed by atoms with Gasteiger partial charge in [-0.05, 0) is 28.8 Å². The van der Waals surface area contributed by atoms with E-state index in [0.717, 1.165) is 28.5 Å². The summed E-state index contributed by atoms with van der Waals surface area (Å²) in [5, 5.41) is 12.7. The lowest BCUT2D eigenvalue weighted by molar-refractivity contribution is -0.402. The van der Waals surface area contributed by atoms with Crippen LogP contribution in [0.4, 0.5) is 5.88 Å². The number of hydrogen-bond donors (Lipinski definition) is 3. The van der Waals surface area contributed by atoms with Crippen LogP contribution in [0.25, 0.3) is 10.8 Å². The van der Waals surface area contributed by atoms with Gasteiger partial charge in [0.15, 0.2) is 0 Å². The summed E-state index contributed by atoms with van der Waals surface area (Å²) >= 11 is 0. The van der Waals surface area contributed by atoms with E-state index in [1.54, 1.807) is 0 Å². The third-order valence-electron chi connectivity index (χ3n) is 3.90. The van der Waals surface area contributed by atoms with Gasteiger partial charge in [0.2, 0.25) is 5.76 Å². The van der Waals surface area contributed by atoms with Gasteiger partial charge in [-0.15, -0.1) is 12.4 Å². The number of nitrogens with one attached hydrogen (secondary N) is 2.